The van der Waals surface area contributed by atoms with E-state index in [0.29, 0.717) is 62.4 Å². The summed E-state index contributed by atoms with van der Waals surface area (Å²) in [5.41, 5.74) is 3.80. The molecule has 0 spiro atoms. The molecule has 2 fully saturated rings. The number of nitrogens with one attached hydrogen (secondary N) is 1. The van der Waals surface area contributed by atoms with E-state index >= 15 is 0 Å². The molecule has 172 valence electrons. The fraction of sp³-hybridized carbons (Fsp3) is 0.524. The molecule has 0 saturated carbocycles. The standard InChI is InChI=1S/C21H29N7O4/c1-3-32-17-5-4-16(14-18(17)29-2)15-22-26-19-23-20(27-6-10-30-11-7-27)25-21(24-19)28-8-12-31-13-9-28/h4-5,14-15H,3,6-13H2,1-2H3,(H,23,24,25,26)/b22-15-. The highest BCUT2D eigenvalue weighted by Crippen LogP contribution is 2.27. The average molecular weight is 444 g/mol. The first-order valence-electron chi connectivity index (χ1n) is 10.8. The van der Waals surface area contributed by atoms with Crippen LogP contribution in [0.1, 0.15) is 12.5 Å². The zero-order chi connectivity index (χ0) is 22.2. The van der Waals surface area contributed by atoms with Crippen molar-refractivity contribution in [3.8, 4) is 11.5 Å². The number of nitrogens with zero attached hydrogens (tertiary/aromatic N) is 6. The second kappa shape index (κ2) is 10.9. The molecule has 0 bridgehead atoms. The Bertz CT molecular complexity index is 879. The van der Waals surface area contributed by atoms with Gasteiger partial charge in [-0.2, -0.15) is 20.1 Å². The van der Waals surface area contributed by atoms with E-state index < -0.39 is 0 Å². The van der Waals surface area contributed by atoms with Gasteiger partial charge in [-0.3, -0.25) is 0 Å². The Labute approximate surface area is 187 Å². The van der Waals surface area contributed by atoms with Crippen LogP contribution in [0.2, 0.25) is 0 Å². The third-order valence-electron chi connectivity index (χ3n) is 5.07. The molecule has 32 heavy (non-hydrogen) atoms. The summed E-state index contributed by atoms with van der Waals surface area (Å²) in [5, 5.41) is 4.32. The molecule has 1 aromatic carbocycles. The summed E-state index contributed by atoms with van der Waals surface area (Å²) in [6.07, 6.45) is 1.69. The monoisotopic (exact) mass is 443 g/mol. The first-order valence-corrected chi connectivity index (χ1v) is 10.8. The van der Waals surface area contributed by atoms with Gasteiger partial charge in [0.15, 0.2) is 11.5 Å². The van der Waals surface area contributed by atoms with Crippen LogP contribution in [0.5, 0.6) is 11.5 Å². The number of hydrazone groups is 1. The van der Waals surface area contributed by atoms with Crippen molar-refractivity contribution in [2.75, 3.05) is 81.5 Å². The summed E-state index contributed by atoms with van der Waals surface area (Å²) < 4.78 is 21.9. The minimum Gasteiger partial charge on any atom is -0.493 e. The average Bonchev–Trinajstić information content (AvgIpc) is 2.86. The third kappa shape index (κ3) is 5.54. The highest BCUT2D eigenvalue weighted by Gasteiger charge is 2.20. The van der Waals surface area contributed by atoms with Crippen LogP contribution in [-0.2, 0) is 9.47 Å². The summed E-state index contributed by atoms with van der Waals surface area (Å²) in [5.74, 6) is 2.97. The van der Waals surface area contributed by atoms with Crippen molar-refractivity contribution in [3.63, 3.8) is 0 Å². The molecule has 0 unspecified atom stereocenters. The van der Waals surface area contributed by atoms with E-state index in [2.05, 4.69) is 30.3 Å². The fourth-order valence-electron chi connectivity index (χ4n) is 3.42. The highest BCUT2D eigenvalue weighted by atomic mass is 16.5. The molecule has 0 radical (unpaired) electrons. The molecule has 1 N–H and O–H groups in total. The summed E-state index contributed by atoms with van der Waals surface area (Å²) >= 11 is 0. The number of ether oxygens (including phenoxy) is 4. The Morgan fingerprint density at radius 1 is 0.969 bits per heavy atom. The third-order valence-corrected chi connectivity index (χ3v) is 5.07. The van der Waals surface area contributed by atoms with Crippen LogP contribution in [0.4, 0.5) is 17.8 Å². The Hall–Kier alpha value is -3.18. The van der Waals surface area contributed by atoms with Crippen molar-refractivity contribution < 1.29 is 18.9 Å². The van der Waals surface area contributed by atoms with Crippen LogP contribution in [-0.4, -0.2) is 87.5 Å². The molecule has 2 aromatic rings. The van der Waals surface area contributed by atoms with Crippen molar-refractivity contribution in [3.05, 3.63) is 23.8 Å². The summed E-state index contributed by atoms with van der Waals surface area (Å²) in [6, 6.07) is 5.63. The molecule has 2 aliphatic heterocycles. The smallest absolute Gasteiger partial charge is 0.250 e. The maximum Gasteiger partial charge on any atom is 0.250 e. The topological polar surface area (TPSA) is 106 Å². The Balaban J connectivity index is 1.52. The lowest BCUT2D eigenvalue weighted by molar-refractivity contribution is 0.121. The van der Waals surface area contributed by atoms with Gasteiger partial charge < -0.3 is 28.7 Å². The van der Waals surface area contributed by atoms with Gasteiger partial charge in [-0.05, 0) is 30.7 Å². The minimum absolute atomic E-state index is 0.386. The van der Waals surface area contributed by atoms with Gasteiger partial charge in [0.05, 0.1) is 46.4 Å². The van der Waals surface area contributed by atoms with E-state index in [1.807, 2.05) is 25.1 Å². The molecular weight excluding hydrogens is 414 g/mol. The predicted molar refractivity (Wildman–Crippen MR) is 121 cm³/mol. The van der Waals surface area contributed by atoms with Crippen LogP contribution in [0.25, 0.3) is 0 Å². The van der Waals surface area contributed by atoms with Gasteiger partial charge in [0, 0.05) is 26.2 Å². The summed E-state index contributed by atoms with van der Waals surface area (Å²) in [4.78, 5) is 18.0. The number of anilines is 3. The van der Waals surface area contributed by atoms with Gasteiger partial charge in [0.25, 0.3) is 0 Å². The van der Waals surface area contributed by atoms with Gasteiger partial charge in [-0.25, -0.2) is 5.43 Å². The van der Waals surface area contributed by atoms with E-state index in [1.54, 1.807) is 13.3 Å². The van der Waals surface area contributed by atoms with E-state index in [4.69, 9.17) is 23.9 Å². The lowest BCUT2D eigenvalue weighted by atomic mass is 10.2. The Kier molecular flexibility index (Phi) is 7.51. The van der Waals surface area contributed by atoms with Crippen LogP contribution in [0.3, 0.4) is 0 Å². The molecule has 11 heteroatoms. The molecule has 0 atom stereocenters. The largest absolute Gasteiger partial charge is 0.493 e. The quantitative estimate of drug-likeness (QED) is 0.475. The molecule has 1 aromatic heterocycles. The molecule has 11 nitrogen and oxygen atoms in total. The normalized spacial score (nSPS) is 16.9. The van der Waals surface area contributed by atoms with E-state index in [1.165, 1.54) is 0 Å². The van der Waals surface area contributed by atoms with Gasteiger partial charge in [0.1, 0.15) is 0 Å². The van der Waals surface area contributed by atoms with Gasteiger partial charge >= 0.3 is 0 Å². The van der Waals surface area contributed by atoms with E-state index in [9.17, 15) is 0 Å². The number of morpholine rings is 2. The second-order valence-corrected chi connectivity index (χ2v) is 7.17. The first-order chi connectivity index (χ1) is 15.8. The highest BCUT2D eigenvalue weighted by molar-refractivity contribution is 5.81. The predicted octanol–water partition coefficient (Wildman–Crippen LogP) is 1.40. The lowest BCUT2D eigenvalue weighted by Crippen LogP contribution is -2.40. The molecule has 0 amide bonds. The van der Waals surface area contributed by atoms with Crippen LogP contribution in [0.15, 0.2) is 23.3 Å². The SMILES string of the molecule is CCOc1ccc(/C=N\Nc2nc(N3CCOCC3)nc(N3CCOCC3)n2)cc1OC. The zero-order valence-electron chi connectivity index (χ0n) is 18.5. The van der Waals surface area contributed by atoms with Crippen molar-refractivity contribution in [1.29, 1.82) is 0 Å². The molecule has 0 aliphatic carbocycles. The van der Waals surface area contributed by atoms with E-state index in [-0.39, 0.29) is 0 Å². The van der Waals surface area contributed by atoms with E-state index in [0.717, 1.165) is 31.7 Å². The van der Waals surface area contributed by atoms with Crippen molar-refractivity contribution in [1.82, 2.24) is 15.0 Å². The number of methoxy groups -OCH3 is 1. The first kappa shape index (κ1) is 22.0. The number of aromatic nitrogens is 3. The second-order valence-electron chi connectivity index (χ2n) is 7.17. The molecular formula is C21H29N7O4. The Morgan fingerprint density at radius 3 is 2.16 bits per heavy atom. The van der Waals surface area contributed by atoms with Gasteiger partial charge in [-0.15, -0.1) is 0 Å². The molecule has 2 saturated heterocycles. The summed E-state index contributed by atoms with van der Waals surface area (Å²) in [7, 11) is 1.61. The maximum atomic E-state index is 5.56. The minimum atomic E-state index is 0.386. The van der Waals surface area contributed by atoms with Gasteiger partial charge in [0.2, 0.25) is 17.8 Å². The molecule has 4 rings (SSSR count). The number of benzene rings is 1. The molecule has 3 heterocycles. The number of rotatable bonds is 8. The summed E-state index contributed by atoms with van der Waals surface area (Å²) in [6.45, 7) is 8.06. The number of hydrogen-bond acceptors (Lipinski definition) is 11. The zero-order valence-corrected chi connectivity index (χ0v) is 18.5. The van der Waals surface area contributed by atoms with Gasteiger partial charge in [-0.1, -0.05) is 0 Å². The van der Waals surface area contributed by atoms with Crippen LogP contribution >= 0.6 is 0 Å². The maximum absolute atomic E-state index is 5.56. The number of hydrogen-bond donors (Lipinski definition) is 1. The van der Waals surface area contributed by atoms with Crippen molar-refractivity contribution >= 4 is 24.1 Å². The van der Waals surface area contributed by atoms with Crippen LogP contribution < -0.4 is 24.7 Å². The lowest BCUT2D eigenvalue weighted by Gasteiger charge is -2.30. The van der Waals surface area contributed by atoms with Crippen molar-refractivity contribution in [2.24, 2.45) is 5.10 Å². The fourth-order valence-corrected chi connectivity index (χ4v) is 3.42. The van der Waals surface area contributed by atoms with Crippen molar-refractivity contribution in [2.45, 2.75) is 6.92 Å². The Morgan fingerprint density at radius 2 is 1.59 bits per heavy atom. The molecule has 2 aliphatic rings. The van der Waals surface area contributed by atoms with Crippen LogP contribution in [0, 0.1) is 0 Å².